The van der Waals surface area contributed by atoms with Gasteiger partial charge in [0.05, 0.1) is 6.54 Å². The Morgan fingerprint density at radius 1 is 1.29 bits per heavy atom. The van der Waals surface area contributed by atoms with Crippen LogP contribution < -0.4 is 4.74 Å². The maximum Gasteiger partial charge on any atom is 0.251 e. The lowest BCUT2D eigenvalue weighted by molar-refractivity contribution is 0.0326. The predicted octanol–water partition coefficient (Wildman–Crippen LogP) is 2.77. The van der Waals surface area contributed by atoms with Crippen LogP contribution >= 0.6 is 0 Å². The first-order valence-electron chi connectivity index (χ1n) is 7.36. The second kappa shape index (κ2) is 7.18. The molecule has 1 unspecified atom stereocenters. The molecule has 0 saturated heterocycles. The quantitative estimate of drug-likeness (QED) is 0.801. The minimum absolute atomic E-state index is 0.122. The zero-order valence-corrected chi connectivity index (χ0v) is 12.6. The molecule has 0 radical (unpaired) electrons. The molecular formula is C16H23F2NO2. The van der Waals surface area contributed by atoms with Crippen molar-refractivity contribution < 1.29 is 18.6 Å². The van der Waals surface area contributed by atoms with Crippen LogP contribution in [0.2, 0.25) is 0 Å². The lowest BCUT2D eigenvalue weighted by Gasteiger charge is -2.24. The van der Waals surface area contributed by atoms with E-state index in [2.05, 4.69) is 0 Å². The number of aliphatic hydroxyl groups is 1. The average Bonchev–Trinajstić information content (AvgIpc) is 3.23. The van der Waals surface area contributed by atoms with Crippen LogP contribution in [0.5, 0.6) is 5.75 Å². The monoisotopic (exact) mass is 299 g/mol. The molecule has 0 aromatic heterocycles. The molecule has 0 aliphatic heterocycles. The molecule has 21 heavy (non-hydrogen) atoms. The normalized spacial score (nSPS) is 16.5. The lowest BCUT2D eigenvalue weighted by atomic mass is 10.1. The van der Waals surface area contributed by atoms with Gasteiger partial charge in [0.1, 0.15) is 18.5 Å². The van der Waals surface area contributed by atoms with Gasteiger partial charge in [-0.2, -0.15) is 0 Å². The van der Waals surface area contributed by atoms with E-state index in [-0.39, 0.29) is 25.7 Å². The summed E-state index contributed by atoms with van der Waals surface area (Å²) in [6, 6.07) is 6.08. The third-order valence-corrected chi connectivity index (χ3v) is 3.66. The van der Waals surface area contributed by atoms with Crippen molar-refractivity contribution in [1.29, 1.82) is 0 Å². The van der Waals surface area contributed by atoms with Crippen molar-refractivity contribution in [2.45, 2.75) is 45.3 Å². The number of nitrogens with zero attached hydrogens (tertiary/aromatic N) is 1. The van der Waals surface area contributed by atoms with E-state index in [0.29, 0.717) is 0 Å². The summed E-state index contributed by atoms with van der Waals surface area (Å²) in [6.45, 7) is 4.00. The van der Waals surface area contributed by atoms with Crippen LogP contribution in [0, 0.1) is 13.8 Å². The molecular weight excluding hydrogens is 276 g/mol. The van der Waals surface area contributed by atoms with Crippen molar-refractivity contribution in [3.05, 3.63) is 29.3 Å². The highest BCUT2D eigenvalue weighted by Crippen LogP contribution is 2.27. The summed E-state index contributed by atoms with van der Waals surface area (Å²) in [5, 5.41) is 10.0. The van der Waals surface area contributed by atoms with Gasteiger partial charge in [-0.1, -0.05) is 12.1 Å². The molecule has 1 N–H and O–H groups in total. The van der Waals surface area contributed by atoms with E-state index in [0.717, 1.165) is 29.7 Å². The van der Waals surface area contributed by atoms with Crippen LogP contribution in [0.15, 0.2) is 18.2 Å². The number of aliphatic hydroxyl groups excluding tert-OH is 1. The number of alkyl halides is 2. The first-order valence-corrected chi connectivity index (χ1v) is 7.36. The van der Waals surface area contributed by atoms with Gasteiger partial charge in [-0.25, -0.2) is 8.78 Å². The third kappa shape index (κ3) is 5.25. The zero-order chi connectivity index (χ0) is 15.4. The fourth-order valence-electron chi connectivity index (χ4n) is 2.36. The second-order valence-corrected chi connectivity index (χ2v) is 5.81. The van der Waals surface area contributed by atoms with Crippen LogP contribution in [0.25, 0.3) is 0 Å². The van der Waals surface area contributed by atoms with Crippen molar-refractivity contribution in [3.8, 4) is 5.75 Å². The molecule has 0 spiro atoms. The first kappa shape index (κ1) is 16.2. The predicted molar refractivity (Wildman–Crippen MR) is 78.0 cm³/mol. The molecule has 5 heteroatoms. The van der Waals surface area contributed by atoms with Gasteiger partial charge in [-0.15, -0.1) is 0 Å². The van der Waals surface area contributed by atoms with E-state index < -0.39 is 12.5 Å². The Bertz CT molecular complexity index is 464. The van der Waals surface area contributed by atoms with E-state index in [9.17, 15) is 13.9 Å². The maximum atomic E-state index is 12.5. The van der Waals surface area contributed by atoms with Gasteiger partial charge in [0, 0.05) is 12.6 Å². The molecule has 118 valence electrons. The SMILES string of the molecule is Cc1ccc(C)c(OCC(O)CN(CC(F)F)C2CC2)c1. The van der Waals surface area contributed by atoms with E-state index in [1.165, 1.54) is 0 Å². The Kier molecular flexibility index (Phi) is 5.53. The Morgan fingerprint density at radius 3 is 2.62 bits per heavy atom. The van der Waals surface area contributed by atoms with Gasteiger partial charge in [0.15, 0.2) is 0 Å². The van der Waals surface area contributed by atoms with Crippen molar-refractivity contribution in [3.63, 3.8) is 0 Å². The van der Waals surface area contributed by atoms with Gasteiger partial charge in [-0.3, -0.25) is 4.90 Å². The third-order valence-electron chi connectivity index (χ3n) is 3.66. The summed E-state index contributed by atoms with van der Waals surface area (Å²) in [4.78, 5) is 1.67. The molecule has 1 saturated carbocycles. The minimum Gasteiger partial charge on any atom is -0.491 e. The molecule has 1 aromatic rings. The standard InChI is InChI=1S/C16H23F2NO2/c1-11-3-4-12(2)15(7-11)21-10-14(20)8-19(9-16(17)18)13-5-6-13/h3-4,7,13-14,16,20H,5-6,8-10H2,1-2H3. The molecule has 1 aliphatic rings. The number of aryl methyl sites for hydroxylation is 2. The second-order valence-electron chi connectivity index (χ2n) is 5.81. The van der Waals surface area contributed by atoms with Crippen molar-refractivity contribution >= 4 is 0 Å². The fourth-order valence-corrected chi connectivity index (χ4v) is 2.36. The molecule has 1 aromatic carbocycles. The minimum atomic E-state index is -2.36. The topological polar surface area (TPSA) is 32.7 Å². The smallest absolute Gasteiger partial charge is 0.251 e. The van der Waals surface area contributed by atoms with Gasteiger partial charge >= 0.3 is 0 Å². The van der Waals surface area contributed by atoms with E-state index in [1.54, 1.807) is 4.90 Å². The maximum absolute atomic E-state index is 12.5. The Hall–Kier alpha value is -1.20. The van der Waals surface area contributed by atoms with Crippen molar-refractivity contribution in [2.24, 2.45) is 0 Å². The van der Waals surface area contributed by atoms with Gasteiger partial charge in [0.25, 0.3) is 6.43 Å². The van der Waals surface area contributed by atoms with E-state index in [4.69, 9.17) is 4.74 Å². The Labute approximate surface area is 124 Å². The number of rotatable bonds is 8. The summed E-state index contributed by atoms with van der Waals surface area (Å²) in [5.41, 5.74) is 2.09. The van der Waals surface area contributed by atoms with Gasteiger partial charge < -0.3 is 9.84 Å². The lowest BCUT2D eigenvalue weighted by Crippen LogP contribution is -2.39. The van der Waals surface area contributed by atoms with Gasteiger partial charge in [0.2, 0.25) is 0 Å². The zero-order valence-electron chi connectivity index (χ0n) is 12.6. The molecule has 2 rings (SSSR count). The van der Waals surface area contributed by atoms with Crippen LogP contribution in [0.4, 0.5) is 8.78 Å². The summed E-state index contributed by atoms with van der Waals surface area (Å²) in [6.07, 6.45) is -1.24. The molecule has 0 amide bonds. The number of hydrogen-bond acceptors (Lipinski definition) is 3. The molecule has 1 fully saturated rings. The van der Waals surface area contributed by atoms with E-state index >= 15 is 0 Å². The average molecular weight is 299 g/mol. The summed E-state index contributed by atoms with van der Waals surface area (Å²) in [5.74, 6) is 0.737. The summed E-state index contributed by atoms with van der Waals surface area (Å²) in [7, 11) is 0. The summed E-state index contributed by atoms with van der Waals surface area (Å²) >= 11 is 0. The van der Waals surface area contributed by atoms with E-state index in [1.807, 2.05) is 32.0 Å². The van der Waals surface area contributed by atoms with Crippen LogP contribution in [0.3, 0.4) is 0 Å². The highest BCUT2D eigenvalue weighted by atomic mass is 19.3. The number of benzene rings is 1. The molecule has 1 aliphatic carbocycles. The van der Waals surface area contributed by atoms with Crippen molar-refractivity contribution in [2.75, 3.05) is 19.7 Å². The molecule has 0 bridgehead atoms. The Morgan fingerprint density at radius 2 is 2.00 bits per heavy atom. The number of ether oxygens (including phenoxy) is 1. The highest BCUT2D eigenvalue weighted by molar-refractivity contribution is 5.35. The summed E-state index contributed by atoms with van der Waals surface area (Å²) < 4.78 is 30.7. The molecule has 0 heterocycles. The number of halogens is 2. The van der Waals surface area contributed by atoms with Crippen LogP contribution in [-0.4, -0.2) is 48.3 Å². The van der Waals surface area contributed by atoms with Crippen molar-refractivity contribution in [1.82, 2.24) is 4.90 Å². The first-order chi connectivity index (χ1) is 9.95. The Balaban J connectivity index is 1.83. The van der Waals surface area contributed by atoms with Crippen LogP contribution in [0.1, 0.15) is 24.0 Å². The van der Waals surface area contributed by atoms with Gasteiger partial charge in [-0.05, 0) is 43.9 Å². The molecule has 1 atom stereocenters. The fraction of sp³-hybridized carbons (Fsp3) is 0.625. The number of hydrogen-bond donors (Lipinski definition) is 1. The van der Waals surface area contributed by atoms with Crippen LogP contribution in [-0.2, 0) is 0 Å². The molecule has 3 nitrogen and oxygen atoms in total. The largest absolute Gasteiger partial charge is 0.491 e. The highest BCUT2D eigenvalue weighted by Gasteiger charge is 2.31.